The number of benzene rings is 1. The number of aromatic nitrogens is 4. The van der Waals surface area contributed by atoms with Gasteiger partial charge in [0.25, 0.3) is 5.91 Å². The van der Waals surface area contributed by atoms with Gasteiger partial charge >= 0.3 is 0 Å². The van der Waals surface area contributed by atoms with Crippen LogP contribution < -0.4 is 4.90 Å². The van der Waals surface area contributed by atoms with Crippen LogP contribution in [0, 0.1) is 11.8 Å². The van der Waals surface area contributed by atoms with Gasteiger partial charge in [0.05, 0.1) is 12.2 Å². The first-order chi connectivity index (χ1) is 18.5. The maximum atomic E-state index is 13.9. The van der Waals surface area contributed by atoms with Crippen LogP contribution in [-0.4, -0.2) is 43.6 Å². The van der Waals surface area contributed by atoms with E-state index in [1.54, 1.807) is 6.33 Å². The standard InChI is InChI=1S/C31H38N6O/c1-20-6-5-13-36(16-20)17-24-15-26-27(29(33-24)22-11-12-22)18-37(31(26)38)25-10-4-9-23(14-25)28(21-7-3-8-21)30-34-32-19-35(30)2/h4,9-10,14-15,19-22,28H,3,5-8,11-13,16-18H2,1-2H3/t20-,28?/m0/s1. The van der Waals surface area contributed by atoms with Crippen LogP contribution in [-0.2, 0) is 20.1 Å². The number of piperidine rings is 1. The normalized spacial score (nSPS) is 22.9. The van der Waals surface area contributed by atoms with Crippen molar-refractivity contribution in [2.45, 2.75) is 76.8 Å². The van der Waals surface area contributed by atoms with E-state index in [4.69, 9.17) is 4.98 Å². The summed E-state index contributed by atoms with van der Waals surface area (Å²) in [7, 11) is 2.03. The number of hydrogen-bond acceptors (Lipinski definition) is 5. The largest absolute Gasteiger partial charge is 0.320 e. The first-order valence-corrected chi connectivity index (χ1v) is 14.6. The van der Waals surface area contributed by atoms with E-state index in [-0.39, 0.29) is 11.8 Å². The summed E-state index contributed by atoms with van der Waals surface area (Å²) in [5, 5.41) is 8.66. The molecule has 7 nitrogen and oxygen atoms in total. The molecule has 2 aromatic heterocycles. The van der Waals surface area contributed by atoms with Crippen molar-refractivity contribution in [3.63, 3.8) is 0 Å². The summed E-state index contributed by atoms with van der Waals surface area (Å²) >= 11 is 0. The number of pyridine rings is 1. The molecule has 0 spiro atoms. The van der Waals surface area contributed by atoms with Crippen LogP contribution in [0.4, 0.5) is 5.69 Å². The lowest BCUT2D eigenvalue weighted by Crippen LogP contribution is -2.34. The van der Waals surface area contributed by atoms with E-state index in [1.807, 2.05) is 16.5 Å². The molecule has 7 rings (SSSR count). The molecule has 0 N–H and O–H groups in total. The topological polar surface area (TPSA) is 67.2 Å². The second kappa shape index (κ2) is 9.60. The summed E-state index contributed by atoms with van der Waals surface area (Å²) < 4.78 is 2.05. The minimum atomic E-state index is 0.119. The molecule has 1 saturated heterocycles. The molecule has 198 valence electrons. The van der Waals surface area contributed by atoms with Gasteiger partial charge in [-0.15, -0.1) is 10.2 Å². The summed E-state index contributed by atoms with van der Waals surface area (Å²) in [5.41, 5.74) is 6.48. The van der Waals surface area contributed by atoms with Crippen molar-refractivity contribution in [3.05, 3.63) is 70.6 Å². The van der Waals surface area contributed by atoms with Gasteiger partial charge < -0.3 is 9.47 Å². The number of hydrogen-bond donors (Lipinski definition) is 0. The van der Waals surface area contributed by atoms with Crippen molar-refractivity contribution in [1.82, 2.24) is 24.6 Å². The second-order valence-corrected chi connectivity index (χ2v) is 12.2. The highest BCUT2D eigenvalue weighted by Crippen LogP contribution is 2.46. The molecular weight excluding hydrogens is 472 g/mol. The van der Waals surface area contributed by atoms with Gasteiger partial charge in [0.1, 0.15) is 12.2 Å². The molecule has 4 aliphatic rings. The predicted octanol–water partition coefficient (Wildman–Crippen LogP) is 5.41. The van der Waals surface area contributed by atoms with Gasteiger partial charge in [-0.3, -0.25) is 14.7 Å². The van der Waals surface area contributed by atoms with Crippen LogP contribution in [0.5, 0.6) is 0 Å². The molecule has 3 aromatic rings. The van der Waals surface area contributed by atoms with Crippen LogP contribution in [0.15, 0.2) is 36.7 Å². The molecular formula is C31H38N6O. The van der Waals surface area contributed by atoms with E-state index >= 15 is 0 Å². The Bertz CT molecular complexity index is 1360. The summed E-state index contributed by atoms with van der Waals surface area (Å²) in [6, 6.07) is 10.7. The molecule has 0 radical (unpaired) electrons. The Labute approximate surface area is 225 Å². The number of amides is 1. The van der Waals surface area contributed by atoms with Gasteiger partial charge in [-0.25, -0.2) is 0 Å². The molecule has 2 atom stereocenters. The third kappa shape index (κ3) is 4.35. The fourth-order valence-electron chi connectivity index (χ4n) is 6.89. The first-order valence-electron chi connectivity index (χ1n) is 14.6. The Morgan fingerprint density at radius 2 is 1.95 bits per heavy atom. The quantitative estimate of drug-likeness (QED) is 0.425. The van der Waals surface area contributed by atoms with E-state index < -0.39 is 0 Å². The molecule has 2 aliphatic heterocycles. The minimum Gasteiger partial charge on any atom is -0.320 e. The second-order valence-electron chi connectivity index (χ2n) is 12.2. The molecule has 0 bridgehead atoms. The summed E-state index contributed by atoms with van der Waals surface area (Å²) in [6.45, 7) is 6.06. The SMILES string of the molecule is C[C@H]1CCCN(Cc2cc3c(c(C4CC4)n2)CN(c2cccc(C(c4nncn4C)C4CCC4)c2)C3=O)C1. The number of carbonyl (C=O) groups is 1. The van der Waals surface area contributed by atoms with Crippen molar-refractivity contribution >= 4 is 11.6 Å². The lowest BCUT2D eigenvalue weighted by molar-refractivity contribution is 0.0996. The molecule has 2 aliphatic carbocycles. The molecule has 1 unspecified atom stereocenters. The smallest absolute Gasteiger partial charge is 0.259 e. The van der Waals surface area contributed by atoms with E-state index in [2.05, 4.69) is 52.4 Å². The Kier molecular flexibility index (Phi) is 6.07. The number of carbonyl (C=O) groups excluding carboxylic acids is 1. The van der Waals surface area contributed by atoms with Gasteiger partial charge in [-0.1, -0.05) is 25.5 Å². The van der Waals surface area contributed by atoms with Gasteiger partial charge in [0.2, 0.25) is 0 Å². The molecule has 1 aromatic carbocycles. The summed E-state index contributed by atoms with van der Waals surface area (Å²) in [6.07, 6.45) is 10.4. The highest BCUT2D eigenvalue weighted by Gasteiger charge is 2.38. The molecule has 3 fully saturated rings. The number of fused-ring (bicyclic) bond motifs is 1. The van der Waals surface area contributed by atoms with E-state index in [0.29, 0.717) is 18.4 Å². The predicted molar refractivity (Wildman–Crippen MR) is 147 cm³/mol. The fraction of sp³-hybridized carbons (Fsp3) is 0.548. The van der Waals surface area contributed by atoms with Crippen LogP contribution in [0.2, 0.25) is 0 Å². The minimum absolute atomic E-state index is 0.119. The van der Waals surface area contributed by atoms with Crippen LogP contribution in [0.3, 0.4) is 0 Å². The molecule has 38 heavy (non-hydrogen) atoms. The average molecular weight is 511 g/mol. The fourth-order valence-corrected chi connectivity index (χ4v) is 6.89. The molecule has 7 heteroatoms. The van der Waals surface area contributed by atoms with Crippen molar-refractivity contribution in [3.8, 4) is 0 Å². The zero-order valence-corrected chi connectivity index (χ0v) is 22.6. The van der Waals surface area contributed by atoms with E-state index in [0.717, 1.165) is 53.9 Å². The summed E-state index contributed by atoms with van der Waals surface area (Å²) in [5.74, 6) is 3.16. The number of likely N-dealkylation sites (tertiary alicyclic amines) is 1. The Morgan fingerprint density at radius 1 is 1.08 bits per heavy atom. The van der Waals surface area contributed by atoms with Crippen molar-refractivity contribution in [2.75, 3.05) is 18.0 Å². The Balaban J connectivity index is 1.20. The number of nitrogens with zero attached hydrogens (tertiary/aromatic N) is 6. The van der Waals surface area contributed by atoms with Crippen molar-refractivity contribution in [2.24, 2.45) is 18.9 Å². The Morgan fingerprint density at radius 3 is 2.66 bits per heavy atom. The van der Waals surface area contributed by atoms with Crippen molar-refractivity contribution in [1.29, 1.82) is 0 Å². The zero-order chi connectivity index (χ0) is 25.8. The van der Waals surface area contributed by atoms with Crippen LogP contribution in [0.1, 0.15) is 102 Å². The third-order valence-corrected chi connectivity index (χ3v) is 9.28. The molecule has 1 amide bonds. The highest BCUT2D eigenvalue weighted by molar-refractivity contribution is 6.10. The lowest BCUT2D eigenvalue weighted by Gasteiger charge is -2.33. The van der Waals surface area contributed by atoms with Gasteiger partial charge in [-0.05, 0) is 80.7 Å². The zero-order valence-electron chi connectivity index (χ0n) is 22.6. The highest BCUT2D eigenvalue weighted by atomic mass is 16.2. The van der Waals surface area contributed by atoms with Crippen LogP contribution in [0.25, 0.3) is 0 Å². The first kappa shape index (κ1) is 24.0. The number of rotatable bonds is 7. The van der Waals surface area contributed by atoms with E-state index in [9.17, 15) is 4.79 Å². The van der Waals surface area contributed by atoms with Gasteiger partial charge in [0.15, 0.2) is 0 Å². The average Bonchev–Trinajstić information content (AvgIpc) is 3.57. The maximum absolute atomic E-state index is 13.9. The Hall–Kier alpha value is -3.06. The maximum Gasteiger partial charge on any atom is 0.259 e. The van der Waals surface area contributed by atoms with Crippen molar-refractivity contribution < 1.29 is 4.79 Å². The number of aryl methyl sites for hydroxylation is 1. The van der Waals surface area contributed by atoms with Gasteiger partial charge in [0, 0.05) is 54.5 Å². The van der Waals surface area contributed by atoms with E-state index in [1.165, 1.54) is 56.2 Å². The number of anilines is 1. The molecule has 4 heterocycles. The van der Waals surface area contributed by atoms with Crippen LogP contribution >= 0.6 is 0 Å². The lowest BCUT2D eigenvalue weighted by atomic mass is 9.72. The van der Waals surface area contributed by atoms with Gasteiger partial charge in [-0.2, -0.15) is 0 Å². The molecule has 2 saturated carbocycles. The summed E-state index contributed by atoms with van der Waals surface area (Å²) in [4.78, 5) is 23.6. The monoisotopic (exact) mass is 510 g/mol. The third-order valence-electron chi connectivity index (χ3n) is 9.28.